The van der Waals surface area contributed by atoms with E-state index in [9.17, 15) is 5.11 Å². The van der Waals surface area contributed by atoms with Crippen molar-refractivity contribution in [3.05, 3.63) is 77.7 Å². The number of halogens is 1. The van der Waals surface area contributed by atoms with Crippen LogP contribution < -0.4 is 0 Å². The van der Waals surface area contributed by atoms with Gasteiger partial charge in [-0.3, -0.25) is 9.97 Å². The third-order valence-corrected chi connectivity index (χ3v) is 6.05. The van der Waals surface area contributed by atoms with Crippen LogP contribution >= 0.6 is 23.4 Å². The van der Waals surface area contributed by atoms with E-state index in [0.717, 1.165) is 32.7 Å². The molecule has 30 heavy (non-hydrogen) atoms. The predicted octanol–water partition coefficient (Wildman–Crippen LogP) is 5.58. The van der Waals surface area contributed by atoms with Crippen LogP contribution in [0.1, 0.15) is 19.5 Å². The molecule has 4 aromatic rings. The normalized spacial score (nSPS) is 11.6. The quantitative estimate of drug-likeness (QED) is 0.442. The highest BCUT2D eigenvalue weighted by Gasteiger charge is 2.21. The SMILES string of the molecule is Cn1c(-c2ccccn2)nc(-c2ccc(C(C)(C)O)nc2)c1Sc1ccc(Cl)cc1. The molecule has 0 amide bonds. The van der Waals surface area contributed by atoms with Gasteiger partial charge in [-0.15, -0.1) is 0 Å². The van der Waals surface area contributed by atoms with Crippen molar-refractivity contribution in [2.75, 3.05) is 0 Å². The minimum Gasteiger partial charge on any atom is -0.384 e. The summed E-state index contributed by atoms with van der Waals surface area (Å²) in [4.78, 5) is 14.9. The van der Waals surface area contributed by atoms with Crippen LogP contribution in [0, 0.1) is 0 Å². The van der Waals surface area contributed by atoms with Gasteiger partial charge in [0.15, 0.2) is 5.82 Å². The van der Waals surface area contributed by atoms with Crippen LogP contribution in [-0.2, 0) is 12.6 Å². The Hall–Kier alpha value is -2.67. The van der Waals surface area contributed by atoms with Gasteiger partial charge in [0.2, 0.25) is 0 Å². The molecule has 0 radical (unpaired) electrons. The minimum atomic E-state index is -0.997. The lowest BCUT2D eigenvalue weighted by Crippen LogP contribution is -2.17. The molecular weight excluding hydrogens is 416 g/mol. The third-order valence-electron chi connectivity index (χ3n) is 4.63. The molecule has 3 heterocycles. The van der Waals surface area contributed by atoms with Gasteiger partial charge in [-0.2, -0.15) is 0 Å². The van der Waals surface area contributed by atoms with E-state index in [4.69, 9.17) is 16.6 Å². The number of benzene rings is 1. The fourth-order valence-electron chi connectivity index (χ4n) is 3.02. The molecule has 0 saturated heterocycles. The van der Waals surface area contributed by atoms with Gasteiger partial charge in [-0.05, 0) is 62.4 Å². The Bertz CT molecular complexity index is 1150. The van der Waals surface area contributed by atoms with Crippen molar-refractivity contribution in [3.8, 4) is 22.8 Å². The number of aliphatic hydroxyl groups is 1. The molecule has 1 aromatic carbocycles. The summed E-state index contributed by atoms with van der Waals surface area (Å²) in [6, 6.07) is 17.3. The lowest BCUT2D eigenvalue weighted by atomic mass is 10.0. The molecule has 3 aromatic heterocycles. The second-order valence-electron chi connectivity index (χ2n) is 7.41. The number of hydrogen-bond donors (Lipinski definition) is 1. The number of rotatable bonds is 5. The molecule has 0 unspecified atom stereocenters. The zero-order valence-corrected chi connectivity index (χ0v) is 18.4. The van der Waals surface area contributed by atoms with E-state index >= 15 is 0 Å². The molecule has 1 N–H and O–H groups in total. The first-order valence-corrected chi connectivity index (χ1v) is 10.6. The van der Waals surface area contributed by atoms with Gasteiger partial charge in [0.25, 0.3) is 0 Å². The zero-order valence-electron chi connectivity index (χ0n) is 16.9. The first kappa shape index (κ1) is 20.6. The van der Waals surface area contributed by atoms with Crippen LogP contribution in [0.3, 0.4) is 0 Å². The minimum absolute atomic E-state index is 0.610. The topological polar surface area (TPSA) is 63.8 Å². The second kappa shape index (κ2) is 8.22. The van der Waals surface area contributed by atoms with Crippen LogP contribution in [-0.4, -0.2) is 24.6 Å². The van der Waals surface area contributed by atoms with Crippen LogP contribution in [0.4, 0.5) is 0 Å². The maximum atomic E-state index is 10.2. The maximum Gasteiger partial charge on any atom is 0.159 e. The number of aromatic nitrogens is 4. The molecule has 7 heteroatoms. The number of imidazole rings is 1. The molecule has 0 atom stereocenters. The Morgan fingerprint density at radius 2 is 1.77 bits per heavy atom. The highest BCUT2D eigenvalue weighted by atomic mass is 35.5. The van der Waals surface area contributed by atoms with Crippen LogP contribution in [0.25, 0.3) is 22.8 Å². The van der Waals surface area contributed by atoms with E-state index in [-0.39, 0.29) is 0 Å². The Morgan fingerprint density at radius 1 is 1.00 bits per heavy atom. The highest BCUT2D eigenvalue weighted by molar-refractivity contribution is 7.99. The van der Waals surface area contributed by atoms with Crippen molar-refractivity contribution >= 4 is 23.4 Å². The van der Waals surface area contributed by atoms with E-state index in [1.165, 1.54) is 0 Å². The summed E-state index contributed by atoms with van der Waals surface area (Å²) in [5.41, 5.74) is 2.09. The molecule has 0 spiro atoms. The fourth-order valence-corrected chi connectivity index (χ4v) is 4.13. The van der Waals surface area contributed by atoms with Crippen molar-refractivity contribution < 1.29 is 5.11 Å². The number of pyridine rings is 2. The number of nitrogens with zero attached hydrogens (tertiary/aromatic N) is 4. The van der Waals surface area contributed by atoms with E-state index in [1.54, 1.807) is 38.0 Å². The number of hydrogen-bond acceptors (Lipinski definition) is 5. The van der Waals surface area contributed by atoms with E-state index < -0.39 is 5.60 Å². The average molecular weight is 437 g/mol. The van der Waals surface area contributed by atoms with E-state index in [0.29, 0.717) is 10.7 Å². The first-order valence-electron chi connectivity index (χ1n) is 9.44. The molecule has 0 aliphatic heterocycles. The van der Waals surface area contributed by atoms with Gasteiger partial charge in [-0.1, -0.05) is 29.4 Å². The van der Waals surface area contributed by atoms with Crippen molar-refractivity contribution in [3.63, 3.8) is 0 Å². The van der Waals surface area contributed by atoms with Crippen molar-refractivity contribution in [1.29, 1.82) is 0 Å². The zero-order chi connectivity index (χ0) is 21.3. The maximum absolute atomic E-state index is 10.2. The van der Waals surface area contributed by atoms with Gasteiger partial charge >= 0.3 is 0 Å². The summed E-state index contributed by atoms with van der Waals surface area (Å²) in [5.74, 6) is 0.772. The summed E-state index contributed by atoms with van der Waals surface area (Å²) in [6.45, 7) is 3.44. The van der Waals surface area contributed by atoms with Crippen molar-refractivity contribution in [2.24, 2.45) is 7.05 Å². The van der Waals surface area contributed by atoms with Gasteiger partial charge in [0.1, 0.15) is 22.0 Å². The smallest absolute Gasteiger partial charge is 0.159 e. The van der Waals surface area contributed by atoms with Crippen LogP contribution in [0.2, 0.25) is 5.02 Å². The molecule has 0 saturated carbocycles. The van der Waals surface area contributed by atoms with E-state index in [1.807, 2.05) is 66.2 Å². The highest BCUT2D eigenvalue weighted by Crippen LogP contribution is 2.38. The molecule has 0 bridgehead atoms. The van der Waals surface area contributed by atoms with Gasteiger partial charge in [0.05, 0.1) is 5.69 Å². The predicted molar refractivity (Wildman–Crippen MR) is 120 cm³/mol. The second-order valence-corrected chi connectivity index (χ2v) is 8.91. The molecule has 4 rings (SSSR count). The largest absolute Gasteiger partial charge is 0.384 e. The first-order chi connectivity index (χ1) is 14.3. The van der Waals surface area contributed by atoms with Gasteiger partial charge in [-0.25, -0.2) is 4.98 Å². The summed E-state index contributed by atoms with van der Waals surface area (Å²) in [5, 5.41) is 11.9. The van der Waals surface area contributed by atoms with Crippen LogP contribution in [0.5, 0.6) is 0 Å². The monoisotopic (exact) mass is 436 g/mol. The lowest BCUT2D eigenvalue weighted by Gasteiger charge is -2.16. The van der Waals surface area contributed by atoms with Gasteiger partial charge < -0.3 is 9.67 Å². The Morgan fingerprint density at radius 3 is 2.37 bits per heavy atom. The Balaban J connectivity index is 1.82. The molecule has 0 aliphatic rings. The molecule has 0 fully saturated rings. The van der Waals surface area contributed by atoms with E-state index in [2.05, 4.69) is 9.97 Å². The van der Waals surface area contributed by atoms with Crippen LogP contribution in [0.15, 0.2) is 76.9 Å². The molecule has 5 nitrogen and oxygen atoms in total. The lowest BCUT2D eigenvalue weighted by molar-refractivity contribution is 0.0739. The standard InChI is InChI=1S/C23H21ClN4OS/c1-23(2,29)19-12-7-15(14-26-19)20-22(30-17-10-8-16(24)9-11-17)28(3)21(27-20)18-6-4-5-13-25-18/h4-14,29H,1-3H3. The fraction of sp³-hybridized carbons (Fsp3) is 0.174. The van der Waals surface area contributed by atoms with Gasteiger partial charge in [0, 0.05) is 34.9 Å². The Labute approximate surface area is 184 Å². The summed E-state index contributed by atoms with van der Waals surface area (Å²) in [6.07, 6.45) is 3.51. The summed E-state index contributed by atoms with van der Waals surface area (Å²) >= 11 is 7.65. The molecule has 0 aliphatic carbocycles. The van der Waals surface area contributed by atoms with Crippen molar-refractivity contribution in [2.45, 2.75) is 29.4 Å². The Kier molecular flexibility index (Phi) is 5.64. The average Bonchev–Trinajstić information content (AvgIpc) is 3.06. The molecular formula is C23H21ClN4OS. The summed E-state index contributed by atoms with van der Waals surface area (Å²) < 4.78 is 2.04. The molecule has 152 valence electrons. The summed E-state index contributed by atoms with van der Waals surface area (Å²) in [7, 11) is 1.98. The van der Waals surface area contributed by atoms with Crippen molar-refractivity contribution in [1.82, 2.24) is 19.5 Å². The third kappa shape index (κ3) is 4.26.